The molecule has 2 aromatic rings. The van der Waals surface area contributed by atoms with Gasteiger partial charge in [0.1, 0.15) is 23.9 Å². The largest absolute Gasteiger partial charge is 0.484 e. The van der Waals surface area contributed by atoms with Gasteiger partial charge >= 0.3 is 0 Å². The summed E-state index contributed by atoms with van der Waals surface area (Å²) < 4.78 is 11.6. The molecule has 0 atom stereocenters. The van der Waals surface area contributed by atoms with Gasteiger partial charge in [-0.1, -0.05) is 6.92 Å². The topological polar surface area (TPSA) is 47.3 Å². The summed E-state index contributed by atoms with van der Waals surface area (Å²) in [6, 6.07) is 5.83. The Balaban J connectivity index is 1.93. The third-order valence-corrected chi connectivity index (χ3v) is 3.11. The van der Waals surface area contributed by atoms with Crippen LogP contribution < -0.4 is 10.1 Å². The molecule has 0 saturated heterocycles. The predicted octanol–water partition coefficient (Wildman–Crippen LogP) is 3.37. The Hall–Kier alpha value is -1.81. The lowest BCUT2D eigenvalue weighted by Gasteiger charge is -2.06. The predicted molar refractivity (Wildman–Crippen MR) is 78.7 cm³/mol. The lowest BCUT2D eigenvalue weighted by Crippen LogP contribution is -2.13. The van der Waals surface area contributed by atoms with E-state index >= 15 is 0 Å². The van der Waals surface area contributed by atoms with E-state index in [4.69, 9.17) is 9.15 Å². The van der Waals surface area contributed by atoms with Crippen LogP contribution in [0.15, 0.2) is 28.8 Å². The molecule has 4 nitrogen and oxygen atoms in total. The van der Waals surface area contributed by atoms with Gasteiger partial charge in [0.15, 0.2) is 0 Å². The maximum absolute atomic E-state index is 5.81. The first-order valence-corrected chi connectivity index (χ1v) is 7.04. The van der Waals surface area contributed by atoms with E-state index in [1.165, 1.54) is 0 Å². The third-order valence-electron chi connectivity index (χ3n) is 3.11. The molecule has 0 bridgehead atoms. The summed E-state index contributed by atoms with van der Waals surface area (Å²) in [4.78, 5) is 4.20. The Morgan fingerprint density at radius 1 is 1.35 bits per heavy atom. The van der Waals surface area contributed by atoms with Crippen molar-refractivity contribution in [3.05, 3.63) is 47.2 Å². The second kappa shape index (κ2) is 7.10. The number of furan rings is 1. The summed E-state index contributed by atoms with van der Waals surface area (Å²) in [5, 5.41) is 3.34. The normalized spacial score (nSPS) is 10.8. The van der Waals surface area contributed by atoms with Gasteiger partial charge in [-0.3, -0.25) is 4.98 Å². The van der Waals surface area contributed by atoms with E-state index in [2.05, 4.69) is 24.1 Å². The van der Waals surface area contributed by atoms with Gasteiger partial charge in [-0.2, -0.15) is 0 Å². The highest BCUT2D eigenvalue weighted by atomic mass is 16.5. The van der Waals surface area contributed by atoms with Gasteiger partial charge in [0.05, 0.1) is 12.2 Å². The van der Waals surface area contributed by atoms with E-state index in [0.29, 0.717) is 6.61 Å². The fourth-order valence-electron chi connectivity index (χ4n) is 1.99. The molecule has 2 rings (SSSR count). The zero-order valence-electron chi connectivity index (χ0n) is 12.4. The first kappa shape index (κ1) is 14.6. The number of nitrogens with zero attached hydrogens (tertiary/aromatic N) is 1. The number of nitrogens with one attached hydrogen (secondary N) is 1. The Morgan fingerprint density at radius 3 is 2.95 bits per heavy atom. The standard InChI is InChI=1S/C16H22N2O2/c1-4-7-17-10-16-12(2)9-14(20-16)11-19-15-6-5-8-18-13(15)3/h5-6,8-9,17H,4,7,10-11H2,1-3H3. The molecule has 20 heavy (non-hydrogen) atoms. The second-order valence-electron chi connectivity index (χ2n) is 4.87. The molecule has 0 fully saturated rings. The number of pyridine rings is 1. The van der Waals surface area contributed by atoms with Gasteiger partial charge in [-0.15, -0.1) is 0 Å². The van der Waals surface area contributed by atoms with Crippen molar-refractivity contribution in [2.45, 2.75) is 40.3 Å². The summed E-state index contributed by atoms with van der Waals surface area (Å²) in [6.07, 6.45) is 2.88. The molecular formula is C16H22N2O2. The van der Waals surface area contributed by atoms with E-state index in [-0.39, 0.29) is 0 Å². The molecule has 0 amide bonds. The lowest BCUT2D eigenvalue weighted by molar-refractivity contribution is 0.262. The SMILES string of the molecule is CCCNCc1oc(COc2cccnc2C)cc1C. The molecule has 4 heteroatoms. The molecular weight excluding hydrogens is 252 g/mol. The van der Waals surface area contributed by atoms with Crippen LogP contribution in [0.4, 0.5) is 0 Å². The first-order chi connectivity index (χ1) is 9.70. The van der Waals surface area contributed by atoms with Crippen LogP contribution in [-0.4, -0.2) is 11.5 Å². The average molecular weight is 274 g/mol. The minimum absolute atomic E-state index is 0.432. The molecule has 0 aliphatic rings. The van der Waals surface area contributed by atoms with Gasteiger partial charge in [0, 0.05) is 6.20 Å². The minimum atomic E-state index is 0.432. The number of hydrogen-bond acceptors (Lipinski definition) is 4. The molecule has 2 aromatic heterocycles. The monoisotopic (exact) mass is 274 g/mol. The second-order valence-corrected chi connectivity index (χ2v) is 4.87. The fraction of sp³-hybridized carbons (Fsp3) is 0.438. The van der Waals surface area contributed by atoms with Crippen LogP contribution in [0, 0.1) is 13.8 Å². The van der Waals surface area contributed by atoms with Crippen LogP contribution >= 0.6 is 0 Å². The lowest BCUT2D eigenvalue weighted by atomic mass is 10.2. The molecule has 0 radical (unpaired) electrons. The molecule has 0 spiro atoms. The molecule has 0 aliphatic carbocycles. The van der Waals surface area contributed by atoms with Crippen molar-refractivity contribution < 1.29 is 9.15 Å². The smallest absolute Gasteiger partial charge is 0.146 e. The van der Waals surface area contributed by atoms with Crippen LogP contribution in [0.25, 0.3) is 0 Å². The maximum Gasteiger partial charge on any atom is 0.146 e. The maximum atomic E-state index is 5.81. The van der Waals surface area contributed by atoms with Crippen molar-refractivity contribution in [3.63, 3.8) is 0 Å². The van der Waals surface area contributed by atoms with Crippen molar-refractivity contribution in [1.82, 2.24) is 10.3 Å². The van der Waals surface area contributed by atoms with Crippen LogP contribution in [0.2, 0.25) is 0 Å². The number of aryl methyl sites for hydroxylation is 2. The van der Waals surface area contributed by atoms with Crippen molar-refractivity contribution in [2.24, 2.45) is 0 Å². The van der Waals surface area contributed by atoms with Gasteiger partial charge in [-0.05, 0) is 50.6 Å². The summed E-state index contributed by atoms with van der Waals surface area (Å²) >= 11 is 0. The van der Waals surface area contributed by atoms with Crippen LogP contribution in [-0.2, 0) is 13.2 Å². The van der Waals surface area contributed by atoms with Crippen molar-refractivity contribution >= 4 is 0 Å². The molecule has 2 heterocycles. The number of hydrogen-bond donors (Lipinski definition) is 1. The number of ether oxygens (including phenoxy) is 1. The first-order valence-electron chi connectivity index (χ1n) is 7.04. The molecule has 0 aliphatic heterocycles. The van der Waals surface area contributed by atoms with E-state index in [1.807, 2.05) is 25.1 Å². The molecule has 0 unspecified atom stereocenters. The molecule has 0 saturated carbocycles. The number of aromatic nitrogens is 1. The molecule has 1 N–H and O–H groups in total. The van der Waals surface area contributed by atoms with Gasteiger partial charge in [0.25, 0.3) is 0 Å². The van der Waals surface area contributed by atoms with E-state index in [0.717, 1.165) is 48.0 Å². The zero-order chi connectivity index (χ0) is 14.4. The van der Waals surface area contributed by atoms with Gasteiger partial charge in [0.2, 0.25) is 0 Å². The van der Waals surface area contributed by atoms with E-state index in [9.17, 15) is 0 Å². The summed E-state index contributed by atoms with van der Waals surface area (Å²) in [7, 11) is 0. The third kappa shape index (κ3) is 3.84. The van der Waals surface area contributed by atoms with Crippen molar-refractivity contribution in [3.8, 4) is 5.75 Å². The highest BCUT2D eigenvalue weighted by molar-refractivity contribution is 5.26. The number of rotatable bonds is 7. The van der Waals surface area contributed by atoms with Gasteiger partial charge in [-0.25, -0.2) is 0 Å². The summed E-state index contributed by atoms with van der Waals surface area (Å²) in [5.41, 5.74) is 2.05. The average Bonchev–Trinajstić information content (AvgIpc) is 2.79. The van der Waals surface area contributed by atoms with E-state index < -0.39 is 0 Å². The highest BCUT2D eigenvalue weighted by Gasteiger charge is 2.08. The Morgan fingerprint density at radius 2 is 2.20 bits per heavy atom. The van der Waals surface area contributed by atoms with Crippen LogP contribution in [0.3, 0.4) is 0 Å². The minimum Gasteiger partial charge on any atom is -0.484 e. The summed E-state index contributed by atoms with van der Waals surface area (Å²) in [6.45, 7) is 8.35. The molecule has 0 aromatic carbocycles. The highest BCUT2D eigenvalue weighted by Crippen LogP contribution is 2.19. The van der Waals surface area contributed by atoms with Crippen molar-refractivity contribution in [2.75, 3.05) is 6.54 Å². The Labute approximate surface area is 120 Å². The van der Waals surface area contributed by atoms with Gasteiger partial charge < -0.3 is 14.5 Å². The zero-order valence-corrected chi connectivity index (χ0v) is 12.4. The Kier molecular flexibility index (Phi) is 5.18. The van der Waals surface area contributed by atoms with Crippen LogP contribution in [0.1, 0.15) is 36.1 Å². The van der Waals surface area contributed by atoms with Crippen molar-refractivity contribution in [1.29, 1.82) is 0 Å². The molecule has 108 valence electrons. The Bertz CT molecular complexity index is 549. The van der Waals surface area contributed by atoms with E-state index in [1.54, 1.807) is 6.20 Å². The fourth-order valence-corrected chi connectivity index (χ4v) is 1.99. The quantitative estimate of drug-likeness (QED) is 0.786. The summed E-state index contributed by atoms with van der Waals surface area (Å²) in [5.74, 6) is 2.63. The van der Waals surface area contributed by atoms with Crippen LogP contribution in [0.5, 0.6) is 5.75 Å².